The van der Waals surface area contributed by atoms with E-state index in [-0.39, 0.29) is 40.1 Å². The average Bonchev–Trinajstić information content (AvgIpc) is 0.816. The van der Waals surface area contributed by atoms with Gasteiger partial charge in [-0.1, -0.05) is 114 Å². The first-order valence-electron chi connectivity index (χ1n) is 43.9. The zero-order chi connectivity index (χ0) is 87.3. The van der Waals surface area contributed by atoms with Gasteiger partial charge in [0.1, 0.15) is 0 Å². The molecule has 23 heteroatoms. The Balaban J connectivity index is 0.000000161. The molecule has 7 aliphatic rings. The van der Waals surface area contributed by atoms with E-state index in [0.29, 0.717) is 47.2 Å². The highest BCUT2D eigenvalue weighted by molar-refractivity contribution is 7.92. The average molecular weight is 1780 g/mol. The fourth-order valence-electron chi connectivity index (χ4n) is 16.5. The molecule has 8 aromatic rings. The van der Waals surface area contributed by atoms with Gasteiger partial charge < -0.3 is 5.73 Å². The topological polar surface area (TPSA) is 291 Å². The minimum atomic E-state index is -3.54. The number of aryl methyl sites for hydroxylation is 14. The lowest BCUT2D eigenvalue weighted by atomic mass is 9.92. The second kappa shape index (κ2) is 46.4. The molecule has 656 valence electrons. The number of unbranched alkanes of at least 4 members (excludes halogenated alkanes) is 5. The monoisotopic (exact) mass is 1780 g/mol. The van der Waals surface area contributed by atoms with Gasteiger partial charge in [-0.3, -0.25) is 0 Å². The second-order valence-electron chi connectivity index (χ2n) is 33.0. The second-order valence-corrected chi connectivity index (χ2v) is 47.3. The Morgan fingerprint density at radius 1 is 0.306 bits per heavy atom. The number of hydrogen-bond donors (Lipinski definition) is 2. The number of sulfonamides is 1. The van der Waals surface area contributed by atoms with Crippen molar-refractivity contribution in [3.8, 4) is 12.3 Å². The predicted octanol–water partition coefficient (Wildman–Crippen LogP) is 19.4. The zero-order valence-corrected chi connectivity index (χ0v) is 77.1. The smallest absolute Gasteiger partial charge is 0.238 e. The van der Waals surface area contributed by atoms with Gasteiger partial charge in [0.2, 0.25) is 10.0 Å². The third kappa shape index (κ3) is 29.6. The van der Waals surface area contributed by atoms with Crippen LogP contribution in [0.5, 0.6) is 0 Å². The molecule has 0 amide bonds. The minimum Gasteiger partial charge on any atom is -0.399 e. The van der Waals surface area contributed by atoms with Crippen molar-refractivity contribution in [1.82, 2.24) is 0 Å². The molecule has 0 aromatic heterocycles. The Bertz CT molecular complexity index is 5720. The maximum absolute atomic E-state index is 12.5. The highest BCUT2D eigenvalue weighted by Gasteiger charge is 2.25. The van der Waals surface area contributed by atoms with Crippen molar-refractivity contribution in [2.45, 2.75) is 298 Å². The van der Waals surface area contributed by atoms with Crippen molar-refractivity contribution in [3.05, 3.63) is 248 Å². The maximum atomic E-state index is 12.5. The van der Waals surface area contributed by atoms with Crippen molar-refractivity contribution in [1.29, 1.82) is 0 Å². The van der Waals surface area contributed by atoms with Crippen LogP contribution in [0, 0.1) is 12.3 Å². The Morgan fingerprint density at radius 3 is 0.851 bits per heavy atom. The molecule has 7 aliphatic carbocycles. The number of hydrogen-bond acceptors (Lipinski definition) is 15. The number of nitrogen functional groups attached to an aromatic ring is 1. The van der Waals surface area contributed by atoms with Crippen LogP contribution in [0.25, 0.3) is 0 Å². The SMILES string of the molecule is C#CCCS(=O)(=O)c1ccc2c(c1)CCCC2.C=CCCS(=O)(=O)c1ccc2c(c1)CCCC2.CCCCCCCS(=O)(=O)c1ccc2c(c1)CCCC2.CCCCS(=O)(=O)c1ccc2c(c1)CCCC2.CCS(=O)(=O)c1ccc2c(c1)CCCC2.NS(=O)(=O)c1ccc2c(c1)CCCC2.Nc1ccc(CS(=O)(=O)c2ccc3c(c2)CCCC3)cc1. The maximum Gasteiger partial charge on any atom is 0.238 e. The lowest BCUT2D eigenvalue weighted by Crippen LogP contribution is -2.13. The van der Waals surface area contributed by atoms with E-state index in [0.717, 1.165) is 152 Å². The summed E-state index contributed by atoms with van der Waals surface area (Å²) in [5.74, 6) is 3.37. The van der Waals surface area contributed by atoms with Gasteiger partial charge in [-0.05, 0) is 380 Å². The standard InChI is InChI=1S/C17H19NO2S.C17H26O2S.C14H20O2S.C14H18O2S.C14H16O2S.C12H16O2S.C10H13NO2S/c18-16-8-5-13(6-9-16)12-21(19,20)17-10-7-14-3-1-2-4-15(14)11-17;1-2-3-4-5-8-13-20(18,19)17-12-11-15-9-6-7-10-16(15)14-17;3*1-2-3-10-17(15,16)14-9-8-12-6-4-5-7-13(12)11-14;1-2-15(13,14)12-8-7-10-5-3-4-6-11(10)9-12;11-14(12,13)10-6-5-8-3-1-2-4-9(8)7-10/h5-11H,1-4,12,18H2;11-12,14H,2-10,13H2,1H3;8-9,11H,2-7,10H2,1H3;2,8-9,11H,1,3-7,10H2;1,8-9,11H,3-7,10H2;7-9H,2-6H2,1H3;5-7H,1-4H2,(H2,11,12,13). The van der Waals surface area contributed by atoms with Crippen LogP contribution in [0.3, 0.4) is 0 Å². The largest absolute Gasteiger partial charge is 0.399 e. The zero-order valence-electron chi connectivity index (χ0n) is 71.4. The molecule has 0 heterocycles. The summed E-state index contributed by atoms with van der Waals surface area (Å²) in [4.78, 5) is 3.11. The molecular weight excluding hydrogens is 1650 g/mol. The lowest BCUT2D eigenvalue weighted by Gasteiger charge is -2.16. The van der Waals surface area contributed by atoms with E-state index in [2.05, 4.69) is 19.4 Å². The van der Waals surface area contributed by atoms with Crippen molar-refractivity contribution in [2.75, 3.05) is 34.5 Å². The molecule has 0 saturated heterocycles. The van der Waals surface area contributed by atoms with Crippen LogP contribution in [-0.2, 0) is 165 Å². The van der Waals surface area contributed by atoms with Gasteiger partial charge in [0.25, 0.3) is 0 Å². The molecule has 0 unspecified atom stereocenters. The van der Waals surface area contributed by atoms with E-state index in [1.807, 2.05) is 91.9 Å². The number of anilines is 1. The third-order valence-electron chi connectivity index (χ3n) is 23.8. The Kier molecular flexibility index (Phi) is 37.3. The summed E-state index contributed by atoms with van der Waals surface area (Å²) in [5.41, 5.74) is 24.7. The highest BCUT2D eigenvalue weighted by Crippen LogP contribution is 2.33. The first kappa shape index (κ1) is 97.3. The number of allylic oxidation sites excluding steroid dienone is 1. The van der Waals surface area contributed by atoms with E-state index >= 15 is 0 Å². The molecule has 16 nitrogen and oxygen atoms in total. The molecule has 0 spiro atoms. The predicted molar refractivity (Wildman–Crippen MR) is 493 cm³/mol. The number of sulfone groups is 6. The van der Waals surface area contributed by atoms with Crippen molar-refractivity contribution in [3.63, 3.8) is 0 Å². The Labute approximate surface area is 726 Å². The van der Waals surface area contributed by atoms with Crippen LogP contribution in [0.4, 0.5) is 5.69 Å². The minimum absolute atomic E-state index is 0.0199. The summed E-state index contributed by atoms with van der Waals surface area (Å²) in [5, 5.41) is 5.06. The molecule has 0 fully saturated rings. The fourth-order valence-corrected chi connectivity index (χ4v) is 24.9. The van der Waals surface area contributed by atoms with Gasteiger partial charge in [0.15, 0.2) is 59.0 Å². The van der Waals surface area contributed by atoms with Gasteiger partial charge >= 0.3 is 0 Å². The molecular formula is C98H128N2O14S7. The number of primary sulfonamides is 1. The van der Waals surface area contributed by atoms with Crippen LogP contribution in [0.15, 0.2) is 199 Å². The summed E-state index contributed by atoms with van der Waals surface area (Å²) >= 11 is 0. The fraction of sp³-hybridized carbons (Fsp3) is 0.469. The molecule has 0 saturated carbocycles. The van der Waals surface area contributed by atoms with E-state index in [4.69, 9.17) is 17.3 Å². The lowest BCUT2D eigenvalue weighted by molar-refractivity contribution is 0.585. The number of rotatable bonds is 24. The number of benzene rings is 8. The van der Waals surface area contributed by atoms with Crippen molar-refractivity contribution in [2.24, 2.45) is 5.14 Å². The van der Waals surface area contributed by atoms with E-state index in [9.17, 15) is 58.9 Å². The third-order valence-corrected chi connectivity index (χ3v) is 35.2. The van der Waals surface area contributed by atoms with Crippen LogP contribution >= 0.6 is 0 Å². The summed E-state index contributed by atoms with van der Waals surface area (Å²) in [6.45, 7) is 9.44. The molecule has 4 N–H and O–H groups in total. The first-order valence-corrected chi connectivity index (χ1v) is 55.3. The quantitative estimate of drug-likeness (QED) is 0.0246. The molecule has 0 radical (unpaired) electrons. The van der Waals surface area contributed by atoms with Gasteiger partial charge in [-0.2, -0.15) is 0 Å². The van der Waals surface area contributed by atoms with Crippen LogP contribution in [0.2, 0.25) is 0 Å². The molecule has 15 rings (SSSR count). The van der Waals surface area contributed by atoms with Crippen LogP contribution in [0.1, 0.15) is 252 Å². The Morgan fingerprint density at radius 2 is 0.562 bits per heavy atom. The van der Waals surface area contributed by atoms with E-state index in [1.165, 1.54) is 156 Å². The molecule has 0 atom stereocenters. The number of terminal acetylenes is 1. The molecule has 8 aromatic carbocycles. The molecule has 0 bridgehead atoms. The van der Waals surface area contributed by atoms with E-state index < -0.39 is 69.0 Å². The summed E-state index contributed by atoms with van der Waals surface area (Å²) in [6, 6.07) is 46.0. The molecule has 121 heavy (non-hydrogen) atoms. The van der Waals surface area contributed by atoms with E-state index in [1.54, 1.807) is 79.7 Å². The molecule has 0 aliphatic heterocycles. The van der Waals surface area contributed by atoms with Crippen molar-refractivity contribution >= 4 is 74.7 Å². The highest BCUT2D eigenvalue weighted by atomic mass is 32.2. The Hall–Kier alpha value is -7.53. The van der Waals surface area contributed by atoms with Gasteiger partial charge in [0, 0.05) is 12.1 Å². The van der Waals surface area contributed by atoms with Crippen LogP contribution in [-0.4, -0.2) is 87.7 Å². The number of fused-ring (bicyclic) bond motifs is 7. The van der Waals surface area contributed by atoms with Gasteiger partial charge in [-0.15, -0.1) is 18.9 Å². The summed E-state index contributed by atoms with van der Waals surface area (Å²) in [7, 11) is -22.3. The summed E-state index contributed by atoms with van der Waals surface area (Å²) < 4.78 is 168. The van der Waals surface area contributed by atoms with Crippen molar-refractivity contribution < 1.29 is 58.9 Å². The van der Waals surface area contributed by atoms with Crippen LogP contribution < -0.4 is 10.9 Å². The van der Waals surface area contributed by atoms with Gasteiger partial charge in [-0.25, -0.2) is 64.1 Å². The normalized spacial score (nSPS) is 15.4. The first-order chi connectivity index (χ1) is 57.8. The summed E-state index contributed by atoms with van der Waals surface area (Å²) in [6.07, 6.45) is 45.9. The number of nitrogens with two attached hydrogens (primary N) is 2. The van der Waals surface area contributed by atoms with Gasteiger partial charge in [0.05, 0.1) is 68.8 Å².